The number of thiol groups is 1. The highest BCUT2D eigenvalue weighted by Gasteiger charge is 2.46. The van der Waals surface area contributed by atoms with Crippen LogP contribution < -0.4 is 14.2 Å². The summed E-state index contributed by atoms with van der Waals surface area (Å²) in [5.74, 6) is 3.06. The monoisotopic (exact) mass is 618 g/mol. The highest BCUT2D eigenvalue weighted by molar-refractivity contribution is 7.98. The number of benzene rings is 5. The molecule has 0 aromatic heterocycles. The smallest absolute Gasteiger partial charge is 0.178 e. The van der Waals surface area contributed by atoms with Crippen LogP contribution in [0, 0.1) is 0 Å². The van der Waals surface area contributed by atoms with Crippen LogP contribution in [-0.4, -0.2) is 27.6 Å². The number of hydrogen-bond acceptors (Lipinski definition) is 6. The van der Waals surface area contributed by atoms with Crippen molar-refractivity contribution >= 4 is 41.2 Å². The molecule has 0 spiro atoms. The van der Waals surface area contributed by atoms with Crippen molar-refractivity contribution in [2.45, 2.75) is 28.8 Å². The molecule has 1 unspecified atom stereocenters. The Balaban J connectivity index is 1.58. The van der Waals surface area contributed by atoms with Gasteiger partial charge in [0.2, 0.25) is 0 Å². The average Bonchev–Trinajstić information content (AvgIpc) is 3.36. The molecule has 1 heterocycles. The van der Waals surface area contributed by atoms with Crippen molar-refractivity contribution in [2.24, 2.45) is 0 Å². The van der Waals surface area contributed by atoms with Crippen LogP contribution in [0.4, 0.5) is 0 Å². The second-order valence-corrected chi connectivity index (χ2v) is 12.4. The summed E-state index contributed by atoms with van der Waals surface area (Å²) in [4.78, 5) is 1.19. The van der Waals surface area contributed by atoms with E-state index in [0.717, 1.165) is 55.8 Å². The molecule has 0 fully saturated rings. The van der Waals surface area contributed by atoms with Gasteiger partial charge in [-0.3, -0.25) is 0 Å². The van der Waals surface area contributed by atoms with Crippen molar-refractivity contribution in [3.8, 4) is 28.4 Å². The van der Waals surface area contributed by atoms with Gasteiger partial charge < -0.3 is 18.9 Å². The van der Waals surface area contributed by atoms with Crippen LogP contribution in [0.15, 0.2) is 95.9 Å². The third-order valence-electron chi connectivity index (χ3n) is 9.25. The normalized spacial score (nSPS) is 17.5. The van der Waals surface area contributed by atoms with Gasteiger partial charge >= 0.3 is 0 Å². The fourth-order valence-electron chi connectivity index (χ4n) is 6.92. The van der Waals surface area contributed by atoms with Crippen molar-refractivity contribution in [3.05, 3.63) is 124 Å². The SMILES string of the molecule is COc1ccc(C2(c3ccc(OC)cc3)C=Cc3c4c(c5cc(CS)c(SC)cc5c3O2)-c2ccccc2C4(C)OC)cc1. The van der Waals surface area contributed by atoms with Gasteiger partial charge in [-0.1, -0.05) is 54.6 Å². The lowest BCUT2D eigenvalue weighted by Gasteiger charge is -2.39. The molecule has 6 heteroatoms. The predicted octanol–water partition coefficient (Wildman–Crippen LogP) is 9.25. The minimum absolute atomic E-state index is 0.642. The average molecular weight is 619 g/mol. The topological polar surface area (TPSA) is 36.9 Å². The Hall–Kier alpha value is -3.84. The van der Waals surface area contributed by atoms with Crippen LogP contribution in [0.3, 0.4) is 0 Å². The summed E-state index contributed by atoms with van der Waals surface area (Å²) in [5.41, 5.74) is 7.34. The van der Waals surface area contributed by atoms with E-state index in [9.17, 15) is 0 Å². The van der Waals surface area contributed by atoms with Gasteiger partial charge in [-0.05, 0) is 83.3 Å². The lowest BCUT2D eigenvalue weighted by atomic mass is 9.80. The number of ether oxygens (including phenoxy) is 4. The Bertz CT molecular complexity index is 1880. The Morgan fingerprint density at radius 3 is 2.02 bits per heavy atom. The molecular formula is C38H34O4S2. The number of hydrogen-bond donors (Lipinski definition) is 1. The van der Waals surface area contributed by atoms with E-state index in [1.807, 2.05) is 24.3 Å². The molecule has 0 radical (unpaired) electrons. The summed E-state index contributed by atoms with van der Waals surface area (Å²) in [6.07, 6.45) is 6.53. The maximum absolute atomic E-state index is 7.43. The Kier molecular flexibility index (Phi) is 7.19. The van der Waals surface area contributed by atoms with Crippen molar-refractivity contribution in [1.29, 1.82) is 0 Å². The zero-order valence-corrected chi connectivity index (χ0v) is 27.1. The van der Waals surface area contributed by atoms with Crippen LogP contribution in [0.1, 0.15) is 40.3 Å². The first-order valence-electron chi connectivity index (χ1n) is 14.6. The van der Waals surface area contributed by atoms with Crippen LogP contribution in [0.2, 0.25) is 0 Å². The number of thioether (sulfide) groups is 1. The fourth-order valence-corrected chi connectivity index (χ4v) is 7.92. The van der Waals surface area contributed by atoms with E-state index in [1.54, 1.807) is 33.1 Å². The van der Waals surface area contributed by atoms with E-state index in [0.29, 0.717) is 5.75 Å². The summed E-state index contributed by atoms with van der Waals surface area (Å²) in [5, 5.41) is 2.21. The predicted molar refractivity (Wildman–Crippen MR) is 184 cm³/mol. The van der Waals surface area contributed by atoms with E-state index >= 15 is 0 Å². The molecule has 222 valence electrons. The number of methoxy groups -OCH3 is 3. The molecule has 0 bridgehead atoms. The third-order valence-corrected chi connectivity index (χ3v) is 10.4. The molecule has 0 amide bonds. The Labute approximate surface area is 268 Å². The largest absolute Gasteiger partial charge is 0.497 e. The van der Waals surface area contributed by atoms with Gasteiger partial charge in [0.1, 0.15) is 22.8 Å². The first-order chi connectivity index (χ1) is 21.4. The Morgan fingerprint density at radius 1 is 0.818 bits per heavy atom. The second kappa shape index (κ2) is 11.0. The summed E-state index contributed by atoms with van der Waals surface area (Å²) in [7, 11) is 5.16. The zero-order valence-electron chi connectivity index (χ0n) is 25.4. The maximum Gasteiger partial charge on any atom is 0.178 e. The molecule has 0 N–H and O–H groups in total. The molecule has 1 aliphatic carbocycles. The molecule has 0 saturated heterocycles. The van der Waals surface area contributed by atoms with E-state index in [4.69, 9.17) is 31.6 Å². The van der Waals surface area contributed by atoms with E-state index in [-0.39, 0.29) is 0 Å². The summed E-state index contributed by atoms with van der Waals surface area (Å²) in [6, 6.07) is 29.4. The third kappa shape index (κ3) is 4.12. The molecule has 7 rings (SSSR count). The van der Waals surface area contributed by atoms with Crippen molar-refractivity contribution in [3.63, 3.8) is 0 Å². The highest BCUT2D eigenvalue weighted by atomic mass is 32.2. The molecule has 0 saturated carbocycles. The van der Waals surface area contributed by atoms with Gasteiger partial charge in [-0.25, -0.2) is 0 Å². The van der Waals surface area contributed by atoms with Crippen molar-refractivity contribution < 1.29 is 18.9 Å². The van der Waals surface area contributed by atoms with E-state index < -0.39 is 11.2 Å². The maximum atomic E-state index is 7.43. The molecule has 4 nitrogen and oxygen atoms in total. The summed E-state index contributed by atoms with van der Waals surface area (Å²) in [6.45, 7) is 2.17. The molecule has 44 heavy (non-hydrogen) atoms. The molecule has 1 aliphatic heterocycles. The fraction of sp³-hybridized carbons (Fsp3) is 0.211. The Morgan fingerprint density at radius 2 is 1.45 bits per heavy atom. The lowest BCUT2D eigenvalue weighted by Crippen LogP contribution is -2.35. The number of fused-ring (bicyclic) bond motifs is 8. The van der Waals surface area contributed by atoms with E-state index in [2.05, 4.69) is 86.0 Å². The van der Waals surface area contributed by atoms with Crippen molar-refractivity contribution in [1.82, 2.24) is 0 Å². The molecule has 2 aliphatic rings. The van der Waals surface area contributed by atoms with Gasteiger partial charge in [0.15, 0.2) is 5.60 Å². The standard InChI is InChI=1S/C38H34O4S2/c1-37(41-4)32-9-7-6-8-28(32)34-30-20-23(22-43)33(44-5)21-31(30)36-29(35(34)37)18-19-38(42-36,24-10-14-26(39-2)15-11-24)25-12-16-27(40-3)17-13-25/h6-21,43H,22H2,1-5H3. The van der Waals surface area contributed by atoms with Crippen molar-refractivity contribution in [2.75, 3.05) is 27.6 Å². The highest BCUT2D eigenvalue weighted by Crippen LogP contribution is 2.59. The van der Waals surface area contributed by atoms with Crippen LogP contribution in [0.5, 0.6) is 17.2 Å². The van der Waals surface area contributed by atoms with Gasteiger partial charge in [0.05, 0.1) is 14.2 Å². The molecule has 1 atom stereocenters. The number of rotatable bonds is 7. The van der Waals surface area contributed by atoms with Gasteiger partial charge in [-0.2, -0.15) is 12.6 Å². The quantitative estimate of drug-likeness (QED) is 0.145. The summed E-state index contributed by atoms with van der Waals surface area (Å²) < 4.78 is 24.8. The van der Waals surface area contributed by atoms with Gasteiger partial charge in [0.25, 0.3) is 0 Å². The first kappa shape index (κ1) is 28.9. The molecule has 5 aromatic rings. The molecular weight excluding hydrogens is 585 g/mol. The second-order valence-electron chi connectivity index (χ2n) is 11.3. The van der Waals surface area contributed by atoms with Gasteiger partial charge in [-0.15, -0.1) is 11.8 Å². The molecule has 5 aromatic carbocycles. The lowest BCUT2D eigenvalue weighted by molar-refractivity contribution is 0.0423. The minimum Gasteiger partial charge on any atom is -0.497 e. The minimum atomic E-state index is -0.899. The first-order valence-corrected chi connectivity index (χ1v) is 16.4. The zero-order chi connectivity index (χ0) is 30.6. The van der Waals surface area contributed by atoms with Crippen LogP contribution >= 0.6 is 24.4 Å². The van der Waals surface area contributed by atoms with Crippen LogP contribution in [0.25, 0.3) is 28.0 Å². The summed E-state index contributed by atoms with van der Waals surface area (Å²) >= 11 is 6.46. The van der Waals surface area contributed by atoms with Crippen LogP contribution in [-0.2, 0) is 21.7 Å². The van der Waals surface area contributed by atoms with Gasteiger partial charge in [0, 0.05) is 45.4 Å². The van der Waals surface area contributed by atoms with E-state index in [1.165, 1.54) is 21.6 Å².